The molecule has 0 amide bonds. The summed E-state index contributed by atoms with van der Waals surface area (Å²) in [5, 5.41) is 0. The van der Waals surface area contributed by atoms with Crippen molar-refractivity contribution < 1.29 is 9.47 Å². The molecule has 0 fully saturated rings. The first-order valence-corrected chi connectivity index (χ1v) is 9.60. The lowest BCUT2D eigenvalue weighted by atomic mass is 9.80. The van der Waals surface area contributed by atoms with Crippen LogP contribution in [-0.2, 0) is 16.8 Å². The lowest BCUT2D eigenvalue weighted by molar-refractivity contribution is 0.0747. The van der Waals surface area contributed by atoms with E-state index in [-0.39, 0.29) is 5.41 Å². The quantitative estimate of drug-likeness (QED) is 0.430. The van der Waals surface area contributed by atoms with Crippen molar-refractivity contribution in [2.75, 3.05) is 6.61 Å². The van der Waals surface area contributed by atoms with Gasteiger partial charge in [-0.3, -0.25) is 0 Å². The Morgan fingerprint density at radius 3 is 2.29 bits per heavy atom. The van der Waals surface area contributed by atoms with E-state index < -0.39 is 0 Å². The molecule has 28 heavy (non-hydrogen) atoms. The van der Waals surface area contributed by atoms with Crippen LogP contribution in [0.2, 0.25) is 0 Å². The molecular weight excluding hydrogens is 344 g/mol. The highest BCUT2D eigenvalue weighted by Gasteiger charge is 2.24. The number of rotatable bonds is 8. The summed E-state index contributed by atoms with van der Waals surface area (Å²) >= 11 is 0. The molecule has 0 saturated heterocycles. The fraction of sp³-hybridized carbons (Fsp3) is 0.231. The fourth-order valence-corrected chi connectivity index (χ4v) is 3.08. The first kappa shape index (κ1) is 19.7. The number of hydrogen-bond donors (Lipinski definition) is 0. The summed E-state index contributed by atoms with van der Waals surface area (Å²) in [6.45, 7) is 5.60. The maximum Gasteiger partial charge on any atom is 0.127 e. The second kappa shape index (κ2) is 9.26. The second-order valence-corrected chi connectivity index (χ2v) is 7.19. The van der Waals surface area contributed by atoms with Gasteiger partial charge in [0.2, 0.25) is 0 Å². The van der Waals surface area contributed by atoms with Crippen LogP contribution in [0, 0.1) is 12.3 Å². The average Bonchev–Trinajstić information content (AvgIpc) is 2.75. The molecule has 0 spiro atoms. The highest BCUT2D eigenvalue weighted by Crippen LogP contribution is 2.29. The Balaban J connectivity index is 1.61. The predicted molar refractivity (Wildman–Crippen MR) is 115 cm³/mol. The smallest absolute Gasteiger partial charge is 0.127 e. The maximum atomic E-state index is 6.10. The van der Waals surface area contributed by atoms with Gasteiger partial charge in [-0.15, -0.1) is 6.42 Å². The highest BCUT2D eigenvalue weighted by molar-refractivity contribution is 5.37. The molecule has 0 aliphatic rings. The fourth-order valence-electron chi connectivity index (χ4n) is 3.08. The van der Waals surface area contributed by atoms with E-state index in [2.05, 4.69) is 38.0 Å². The van der Waals surface area contributed by atoms with Gasteiger partial charge in [-0.25, -0.2) is 0 Å². The van der Waals surface area contributed by atoms with Gasteiger partial charge in [-0.1, -0.05) is 62.2 Å². The van der Waals surface area contributed by atoms with Crippen molar-refractivity contribution in [2.24, 2.45) is 0 Å². The molecular formula is C26H26O2. The zero-order valence-electron chi connectivity index (χ0n) is 16.5. The molecule has 2 nitrogen and oxygen atoms in total. The predicted octanol–water partition coefficient (Wildman–Crippen LogP) is 6.34. The van der Waals surface area contributed by atoms with Crippen molar-refractivity contribution in [1.29, 1.82) is 0 Å². The minimum Gasteiger partial charge on any atom is -0.457 e. The molecule has 0 saturated carbocycles. The van der Waals surface area contributed by atoms with Gasteiger partial charge in [0.05, 0.1) is 13.2 Å². The molecule has 1 atom stereocenters. The Hall–Kier alpha value is -3.02. The van der Waals surface area contributed by atoms with Gasteiger partial charge >= 0.3 is 0 Å². The summed E-state index contributed by atoms with van der Waals surface area (Å²) in [5.41, 5.74) is 3.19. The van der Waals surface area contributed by atoms with Crippen LogP contribution in [0.15, 0.2) is 78.9 Å². The minimum atomic E-state index is -0.0503. The number of benzene rings is 3. The molecule has 3 aromatic carbocycles. The van der Waals surface area contributed by atoms with E-state index in [9.17, 15) is 0 Å². The maximum absolute atomic E-state index is 6.10. The van der Waals surface area contributed by atoms with E-state index in [1.54, 1.807) is 0 Å². The van der Waals surface area contributed by atoms with Crippen molar-refractivity contribution in [3.63, 3.8) is 0 Å². The van der Waals surface area contributed by atoms with Gasteiger partial charge in [-0.2, -0.15) is 0 Å². The second-order valence-electron chi connectivity index (χ2n) is 7.19. The number of ether oxygens (including phenoxy) is 2. The van der Waals surface area contributed by atoms with E-state index in [1.165, 1.54) is 5.56 Å². The Morgan fingerprint density at radius 2 is 1.61 bits per heavy atom. The number of para-hydroxylation sites is 1. The van der Waals surface area contributed by atoms with Crippen LogP contribution in [0.25, 0.3) is 0 Å². The van der Waals surface area contributed by atoms with Gasteiger partial charge in [0.1, 0.15) is 11.5 Å². The zero-order valence-corrected chi connectivity index (χ0v) is 16.5. The van der Waals surface area contributed by atoms with Crippen molar-refractivity contribution >= 4 is 0 Å². The molecule has 2 heteroatoms. The molecule has 3 rings (SSSR count). The van der Waals surface area contributed by atoms with E-state index >= 15 is 0 Å². The van der Waals surface area contributed by atoms with Crippen LogP contribution in [0.5, 0.6) is 11.5 Å². The van der Waals surface area contributed by atoms with E-state index in [0.29, 0.717) is 13.2 Å². The molecule has 0 aromatic heterocycles. The summed E-state index contributed by atoms with van der Waals surface area (Å²) in [7, 11) is 0. The Bertz CT molecular complexity index is 923. The third-order valence-electron chi connectivity index (χ3n) is 5.10. The third kappa shape index (κ3) is 5.03. The summed E-state index contributed by atoms with van der Waals surface area (Å²) in [5.74, 6) is 4.31. The van der Waals surface area contributed by atoms with E-state index in [4.69, 9.17) is 15.9 Å². The standard InChI is InChI=1S/C26H26O2/c1-4-21-14-16-23(17-15-21)26(3,5-2)20-27-19-22-10-9-13-25(18-22)28-24-11-7-6-8-12-24/h1,6-18H,5,19-20H2,2-3H3. The lowest BCUT2D eigenvalue weighted by Crippen LogP contribution is -2.27. The number of hydrogen-bond acceptors (Lipinski definition) is 2. The van der Waals surface area contributed by atoms with Crippen LogP contribution >= 0.6 is 0 Å². The summed E-state index contributed by atoms with van der Waals surface area (Å²) in [4.78, 5) is 0. The van der Waals surface area contributed by atoms with Crippen LogP contribution in [0.1, 0.15) is 37.0 Å². The minimum absolute atomic E-state index is 0.0503. The molecule has 0 bridgehead atoms. The van der Waals surface area contributed by atoms with Crippen molar-refractivity contribution in [3.05, 3.63) is 95.6 Å². The lowest BCUT2D eigenvalue weighted by Gasteiger charge is -2.29. The van der Waals surface area contributed by atoms with Crippen LogP contribution in [0.4, 0.5) is 0 Å². The van der Waals surface area contributed by atoms with Crippen molar-refractivity contribution in [2.45, 2.75) is 32.3 Å². The third-order valence-corrected chi connectivity index (χ3v) is 5.10. The van der Waals surface area contributed by atoms with Gasteiger partial charge in [0.15, 0.2) is 0 Å². The molecule has 0 aliphatic carbocycles. The molecule has 0 radical (unpaired) electrons. The summed E-state index contributed by atoms with van der Waals surface area (Å²) < 4.78 is 12.0. The monoisotopic (exact) mass is 370 g/mol. The average molecular weight is 370 g/mol. The van der Waals surface area contributed by atoms with Crippen LogP contribution in [0.3, 0.4) is 0 Å². The molecule has 0 N–H and O–H groups in total. The molecule has 1 unspecified atom stereocenters. The normalized spacial score (nSPS) is 12.8. The molecule has 0 aliphatic heterocycles. The first-order chi connectivity index (χ1) is 13.6. The largest absolute Gasteiger partial charge is 0.457 e. The SMILES string of the molecule is C#Cc1ccc(C(C)(CC)COCc2cccc(Oc3ccccc3)c2)cc1. The Kier molecular flexibility index (Phi) is 6.53. The van der Waals surface area contributed by atoms with E-state index in [0.717, 1.165) is 29.0 Å². The van der Waals surface area contributed by atoms with Crippen molar-refractivity contribution in [3.8, 4) is 23.8 Å². The summed E-state index contributed by atoms with van der Waals surface area (Å²) in [6.07, 6.45) is 6.45. The summed E-state index contributed by atoms with van der Waals surface area (Å²) in [6, 6.07) is 26.0. The molecule has 3 aromatic rings. The number of terminal acetylenes is 1. The van der Waals surface area contributed by atoms with Crippen LogP contribution < -0.4 is 4.74 Å². The van der Waals surface area contributed by atoms with E-state index in [1.807, 2.05) is 60.7 Å². The van der Waals surface area contributed by atoms with Gasteiger partial charge in [0.25, 0.3) is 0 Å². The van der Waals surface area contributed by atoms with Gasteiger partial charge < -0.3 is 9.47 Å². The molecule has 0 heterocycles. The van der Waals surface area contributed by atoms with Gasteiger partial charge in [-0.05, 0) is 53.9 Å². The molecule has 142 valence electrons. The zero-order chi connectivity index (χ0) is 19.8. The van der Waals surface area contributed by atoms with Gasteiger partial charge in [0, 0.05) is 11.0 Å². The van der Waals surface area contributed by atoms with Crippen molar-refractivity contribution in [1.82, 2.24) is 0 Å². The Morgan fingerprint density at radius 1 is 0.893 bits per heavy atom. The highest BCUT2D eigenvalue weighted by atomic mass is 16.5. The Labute approximate surface area is 168 Å². The van der Waals surface area contributed by atoms with Crippen LogP contribution in [-0.4, -0.2) is 6.61 Å². The first-order valence-electron chi connectivity index (χ1n) is 9.60. The topological polar surface area (TPSA) is 18.5 Å².